The maximum Gasteiger partial charge on any atom is 0.175 e. The van der Waals surface area contributed by atoms with Gasteiger partial charge in [0.25, 0.3) is 0 Å². The van der Waals surface area contributed by atoms with Gasteiger partial charge in [-0.25, -0.2) is 0 Å². The average molecular weight is 376 g/mol. The number of para-hydroxylation sites is 1. The lowest BCUT2D eigenvalue weighted by molar-refractivity contribution is 0.207. The molecule has 5 heteroatoms. The molecule has 4 nitrogen and oxygen atoms in total. The van der Waals surface area contributed by atoms with Crippen LogP contribution in [0.25, 0.3) is 0 Å². The molecule has 0 saturated heterocycles. The van der Waals surface area contributed by atoms with Crippen LogP contribution in [0.5, 0.6) is 17.2 Å². The van der Waals surface area contributed by atoms with Gasteiger partial charge in [0.1, 0.15) is 19.0 Å². The molecule has 0 unspecified atom stereocenters. The van der Waals surface area contributed by atoms with E-state index in [2.05, 4.69) is 22.0 Å². The van der Waals surface area contributed by atoms with E-state index in [1.807, 2.05) is 38.1 Å². The molecule has 0 aromatic heterocycles. The molecule has 2 aromatic carbocycles. The molecule has 0 bridgehead atoms. The molecule has 0 aliphatic carbocycles. The van der Waals surface area contributed by atoms with Crippen LogP contribution in [0, 0.1) is 18.3 Å². The number of halogens is 1. The molecule has 0 aliphatic heterocycles. The molecule has 0 spiro atoms. The van der Waals surface area contributed by atoms with Crippen molar-refractivity contribution in [3.8, 4) is 23.3 Å². The summed E-state index contributed by atoms with van der Waals surface area (Å²) in [5, 5.41) is 9.02. The predicted molar refractivity (Wildman–Crippen MR) is 92.2 cm³/mol. The minimum absolute atomic E-state index is 0.374. The van der Waals surface area contributed by atoms with Crippen molar-refractivity contribution in [3.63, 3.8) is 0 Å². The van der Waals surface area contributed by atoms with Crippen LogP contribution in [0.4, 0.5) is 0 Å². The Morgan fingerprint density at radius 1 is 1.04 bits per heavy atom. The predicted octanol–water partition coefficient (Wildman–Crippen LogP) is 4.49. The molecule has 0 heterocycles. The molecule has 2 aromatic rings. The number of nitrogens with zero attached hydrogens (tertiary/aromatic N) is 1. The number of rotatable bonds is 7. The molecule has 0 fully saturated rings. The Bertz CT molecular complexity index is 710. The van der Waals surface area contributed by atoms with Gasteiger partial charge in [-0.05, 0) is 47.5 Å². The Kier molecular flexibility index (Phi) is 6.30. The normalized spacial score (nSPS) is 10.0. The molecular formula is C18H18BrNO3. The third-order valence-electron chi connectivity index (χ3n) is 3.12. The van der Waals surface area contributed by atoms with Crippen molar-refractivity contribution in [1.29, 1.82) is 5.26 Å². The zero-order chi connectivity index (χ0) is 16.7. The van der Waals surface area contributed by atoms with Crippen LogP contribution in [0.15, 0.2) is 40.9 Å². The molecule has 0 amide bonds. The van der Waals surface area contributed by atoms with Gasteiger partial charge in [0.2, 0.25) is 0 Å². The van der Waals surface area contributed by atoms with Crippen LogP contribution in [-0.2, 0) is 0 Å². The van der Waals surface area contributed by atoms with Gasteiger partial charge in [-0.1, -0.05) is 18.2 Å². The zero-order valence-electron chi connectivity index (χ0n) is 13.1. The van der Waals surface area contributed by atoms with E-state index >= 15 is 0 Å². The van der Waals surface area contributed by atoms with Crippen LogP contribution in [0.1, 0.15) is 18.1 Å². The first-order valence-corrected chi connectivity index (χ1v) is 8.12. The first-order chi connectivity index (χ1) is 11.2. The van der Waals surface area contributed by atoms with Crippen molar-refractivity contribution in [2.24, 2.45) is 0 Å². The maximum absolute atomic E-state index is 9.02. The molecule has 2 rings (SSSR count). The zero-order valence-corrected chi connectivity index (χ0v) is 14.7. The molecule has 0 saturated carbocycles. The van der Waals surface area contributed by atoms with Gasteiger partial charge < -0.3 is 14.2 Å². The van der Waals surface area contributed by atoms with Gasteiger partial charge >= 0.3 is 0 Å². The van der Waals surface area contributed by atoms with Gasteiger partial charge in [0, 0.05) is 6.07 Å². The number of hydrogen-bond donors (Lipinski definition) is 0. The SMILES string of the molecule is CCOc1cc(C#N)cc(Br)c1OCCOc1ccccc1C. The van der Waals surface area contributed by atoms with E-state index in [1.165, 1.54) is 0 Å². The molecule has 0 radical (unpaired) electrons. The minimum atomic E-state index is 0.374. The summed E-state index contributed by atoms with van der Waals surface area (Å²) in [6, 6.07) is 13.3. The monoisotopic (exact) mass is 375 g/mol. The van der Waals surface area contributed by atoms with E-state index in [0.717, 1.165) is 11.3 Å². The summed E-state index contributed by atoms with van der Waals surface area (Å²) in [7, 11) is 0. The van der Waals surface area contributed by atoms with Crippen LogP contribution in [-0.4, -0.2) is 19.8 Å². The lowest BCUT2D eigenvalue weighted by Crippen LogP contribution is -2.10. The van der Waals surface area contributed by atoms with Gasteiger partial charge in [0.05, 0.1) is 22.7 Å². The van der Waals surface area contributed by atoms with E-state index in [9.17, 15) is 0 Å². The quantitative estimate of drug-likeness (QED) is 0.669. The van der Waals surface area contributed by atoms with Crippen molar-refractivity contribution in [1.82, 2.24) is 0 Å². The lowest BCUT2D eigenvalue weighted by atomic mass is 10.2. The molecule has 0 atom stereocenters. The van der Waals surface area contributed by atoms with Crippen molar-refractivity contribution in [2.45, 2.75) is 13.8 Å². The highest BCUT2D eigenvalue weighted by Crippen LogP contribution is 2.36. The van der Waals surface area contributed by atoms with E-state index < -0.39 is 0 Å². The number of hydrogen-bond acceptors (Lipinski definition) is 4. The third kappa shape index (κ3) is 4.64. The second-order valence-electron chi connectivity index (χ2n) is 4.79. The number of benzene rings is 2. The van der Waals surface area contributed by atoms with Crippen molar-refractivity contribution in [2.75, 3.05) is 19.8 Å². The fraction of sp³-hybridized carbons (Fsp3) is 0.278. The van der Waals surface area contributed by atoms with Gasteiger partial charge in [0.15, 0.2) is 11.5 Å². The first kappa shape index (κ1) is 17.2. The van der Waals surface area contributed by atoms with Gasteiger partial charge in [-0.3, -0.25) is 0 Å². The molecule has 120 valence electrons. The summed E-state index contributed by atoms with van der Waals surface area (Å²) in [6.45, 7) is 5.18. The third-order valence-corrected chi connectivity index (χ3v) is 3.71. The second-order valence-corrected chi connectivity index (χ2v) is 5.65. The number of nitriles is 1. The number of ether oxygens (including phenoxy) is 3. The van der Waals surface area contributed by atoms with Crippen LogP contribution < -0.4 is 14.2 Å². The Labute approximate surface area is 144 Å². The highest BCUT2D eigenvalue weighted by molar-refractivity contribution is 9.10. The van der Waals surface area contributed by atoms with Crippen LogP contribution >= 0.6 is 15.9 Å². The van der Waals surface area contributed by atoms with Crippen molar-refractivity contribution >= 4 is 15.9 Å². The average Bonchev–Trinajstić information content (AvgIpc) is 2.55. The maximum atomic E-state index is 9.02. The summed E-state index contributed by atoms with van der Waals surface area (Å²) in [5.41, 5.74) is 1.60. The van der Waals surface area contributed by atoms with Gasteiger partial charge in [-0.15, -0.1) is 0 Å². The highest BCUT2D eigenvalue weighted by atomic mass is 79.9. The van der Waals surface area contributed by atoms with E-state index in [-0.39, 0.29) is 0 Å². The second kappa shape index (κ2) is 8.44. The summed E-state index contributed by atoms with van der Waals surface area (Å²) in [6.07, 6.45) is 0. The largest absolute Gasteiger partial charge is 0.490 e. The molecule has 23 heavy (non-hydrogen) atoms. The summed E-state index contributed by atoms with van der Waals surface area (Å²) >= 11 is 3.42. The molecule has 0 aliphatic rings. The standard InChI is InChI=1S/C18H18BrNO3/c1-3-21-17-11-14(12-20)10-15(19)18(17)23-9-8-22-16-7-5-4-6-13(16)2/h4-7,10-11H,3,8-9H2,1-2H3. The Balaban J connectivity index is 2.00. The smallest absolute Gasteiger partial charge is 0.175 e. The van der Waals surface area contributed by atoms with E-state index in [1.54, 1.807) is 12.1 Å². The van der Waals surface area contributed by atoms with Crippen molar-refractivity contribution in [3.05, 3.63) is 52.0 Å². The van der Waals surface area contributed by atoms with E-state index in [0.29, 0.717) is 41.4 Å². The fourth-order valence-corrected chi connectivity index (χ4v) is 2.61. The Hall–Kier alpha value is -2.19. The minimum Gasteiger partial charge on any atom is -0.490 e. The Morgan fingerprint density at radius 2 is 1.78 bits per heavy atom. The lowest BCUT2D eigenvalue weighted by Gasteiger charge is -2.15. The molecule has 0 N–H and O–H groups in total. The summed E-state index contributed by atoms with van der Waals surface area (Å²) < 4.78 is 17.7. The fourth-order valence-electron chi connectivity index (χ4n) is 2.05. The molecular weight excluding hydrogens is 358 g/mol. The van der Waals surface area contributed by atoms with E-state index in [4.69, 9.17) is 19.5 Å². The van der Waals surface area contributed by atoms with Gasteiger partial charge in [-0.2, -0.15) is 5.26 Å². The first-order valence-electron chi connectivity index (χ1n) is 7.33. The summed E-state index contributed by atoms with van der Waals surface area (Å²) in [5.74, 6) is 1.98. The van der Waals surface area contributed by atoms with Crippen LogP contribution in [0.2, 0.25) is 0 Å². The topological polar surface area (TPSA) is 51.5 Å². The number of aryl methyl sites for hydroxylation is 1. The Morgan fingerprint density at radius 3 is 2.48 bits per heavy atom. The summed E-state index contributed by atoms with van der Waals surface area (Å²) in [4.78, 5) is 0. The van der Waals surface area contributed by atoms with Crippen LogP contribution in [0.3, 0.4) is 0 Å². The highest BCUT2D eigenvalue weighted by Gasteiger charge is 2.12. The van der Waals surface area contributed by atoms with Crippen molar-refractivity contribution < 1.29 is 14.2 Å².